The van der Waals surface area contributed by atoms with Crippen molar-refractivity contribution in [2.75, 3.05) is 0 Å². The molecule has 0 bridgehead atoms. The second-order valence-electron chi connectivity index (χ2n) is 4.39. The molecule has 3 aromatic heterocycles. The summed E-state index contributed by atoms with van der Waals surface area (Å²) in [5.74, 6) is -1.62. The van der Waals surface area contributed by atoms with Gasteiger partial charge in [0.05, 0.1) is 18.1 Å². The molecule has 3 rings (SSSR count). The molecule has 0 aliphatic rings. The molecule has 0 saturated carbocycles. The predicted molar refractivity (Wildman–Crippen MR) is 76.6 cm³/mol. The molecule has 3 heterocycles. The quantitative estimate of drug-likeness (QED) is 0.333. The van der Waals surface area contributed by atoms with Crippen molar-refractivity contribution in [1.82, 2.24) is 14.9 Å². The van der Waals surface area contributed by atoms with E-state index in [4.69, 9.17) is 31.7 Å². The molecule has 112 valence electrons. The van der Waals surface area contributed by atoms with Crippen LogP contribution in [-0.2, 0) is 0 Å². The van der Waals surface area contributed by atoms with Crippen molar-refractivity contribution in [2.45, 2.75) is 0 Å². The van der Waals surface area contributed by atoms with Crippen molar-refractivity contribution < 1.29 is 19.5 Å². The van der Waals surface area contributed by atoms with Crippen LogP contribution in [0, 0.1) is 5.41 Å². The maximum Gasteiger partial charge on any atom is 0.357 e. The molecule has 8 nitrogen and oxygen atoms in total. The van der Waals surface area contributed by atoms with Gasteiger partial charge in [0, 0.05) is 17.3 Å². The van der Waals surface area contributed by atoms with E-state index in [0.717, 1.165) is 0 Å². The number of rotatable bonds is 3. The van der Waals surface area contributed by atoms with Gasteiger partial charge in [0.25, 0.3) is 0 Å². The Bertz CT molecular complexity index is 885. The van der Waals surface area contributed by atoms with Crippen LogP contribution in [0.5, 0.6) is 0 Å². The Morgan fingerprint density at radius 3 is 2.82 bits per heavy atom. The molecule has 0 atom stereocenters. The number of carboxylic acid groups (broad SMARTS) is 1. The fraction of sp³-hybridized carbons (Fsp3) is 0. The third-order valence-corrected chi connectivity index (χ3v) is 3.46. The molecule has 0 aromatic carbocycles. The number of nitrogens with one attached hydrogen (secondary N) is 2. The number of imidazole rings is 1. The van der Waals surface area contributed by atoms with Gasteiger partial charge in [-0.3, -0.25) is 20.5 Å². The molecule has 0 unspecified atom stereocenters. The Balaban J connectivity index is 2.36. The summed E-state index contributed by atoms with van der Waals surface area (Å²) < 4.78 is 6.35. The van der Waals surface area contributed by atoms with Gasteiger partial charge < -0.3 is 9.52 Å². The van der Waals surface area contributed by atoms with E-state index in [1.807, 2.05) is 0 Å². The normalized spacial score (nSPS) is 10.8. The summed E-state index contributed by atoms with van der Waals surface area (Å²) in [6, 6.07) is 3.27. The van der Waals surface area contributed by atoms with E-state index in [1.54, 1.807) is 23.8 Å². The van der Waals surface area contributed by atoms with Gasteiger partial charge >= 0.3 is 5.97 Å². The van der Waals surface area contributed by atoms with E-state index in [1.165, 1.54) is 16.9 Å². The summed E-state index contributed by atoms with van der Waals surface area (Å²) in [7, 11) is 0. The minimum absolute atomic E-state index is 0.0974. The summed E-state index contributed by atoms with van der Waals surface area (Å²) in [5.41, 5.74) is 3.04. The Hall–Kier alpha value is -2.84. The lowest BCUT2D eigenvalue weighted by atomic mass is 10.1. The minimum atomic E-state index is -1.28. The van der Waals surface area contributed by atoms with Crippen LogP contribution in [0.2, 0.25) is 5.15 Å². The van der Waals surface area contributed by atoms with E-state index in [9.17, 15) is 4.79 Å². The predicted octanol–water partition coefficient (Wildman–Crippen LogP) is 2.25. The summed E-state index contributed by atoms with van der Waals surface area (Å²) in [4.78, 5) is 15.1. The molecule has 9 heteroatoms. The minimum Gasteiger partial charge on any atom is -0.476 e. The number of fused-ring (bicyclic) bond motifs is 1. The molecule has 0 aliphatic carbocycles. The number of carboxylic acids is 1. The maximum atomic E-state index is 11.2. The van der Waals surface area contributed by atoms with E-state index >= 15 is 0 Å². The van der Waals surface area contributed by atoms with E-state index in [2.05, 4.69) is 4.98 Å². The first-order valence-corrected chi connectivity index (χ1v) is 6.37. The lowest BCUT2D eigenvalue weighted by molar-refractivity contribution is 0.0691. The van der Waals surface area contributed by atoms with Gasteiger partial charge in [-0.25, -0.2) is 9.78 Å². The molecule has 0 amide bonds. The number of nitrogens with zero attached hydrogens (tertiary/aromatic N) is 2. The van der Waals surface area contributed by atoms with E-state index < -0.39 is 5.97 Å². The molecule has 0 saturated heterocycles. The number of furan rings is 1. The first kappa shape index (κ1) is 14.1. The van der Waals surface area contributed by atoms with Crippen molar-refractivity contribution in [2.24, 2.45) is 0 Å². The van der Waals surface area contributed by atoms with Gasteiger partial charge in [-0.2, -0.15) is 0 Å². The molecule has 0 spiro atoms. The number of aromatic carboxylic acids is 1. The average Bonchev–Trinajstić information content (AvgIpc) is 3.14. The topological polar surface area (TPSA) is 124 Å². The fourth-order valence-corrected chi connectivity index (χ4v) is 2.34. The molecule has 3 aromatic rings. The van der Waals surface area contributed by atoms with Crippen LogP contribution in [0.15, 0.2) is 35.3 Å². The zero-order valence-corrected chi connectivity index (χ0v) is 11.6. The molecular formula is C13H9ClN4O4. The van der Waals surface area contributed by atoms with Crippen LogP contribution in [0.4, 0.5) is 0 Å². The second-order valence-corrected chi connectivity index (χ2v) is 4.75. The van der Waals surface area contributed by atoms with Crippen LogP contribution in [0.1, 0.15) is 16.1 Å². The van der Waals surface area contributed by atoms with Gasteiger partial charge in [-0.15, -0.1) is 0 Å². The van der Waals surface area contributed by atoms with Crippen LogP contribution in [0.25, 0.3) is 16.8 Å². The number of hydrogen-bond donors (Lipinski definition) is 4. The Morgan fingerprint density at radius 1 is 1.45 bits per heavy atom. The van der Waals surface area contributed by atoms with Crippen LogP contribution < -0.4 is 5.48 Å². The number of pyridine rings is 1. The SMILES string of the molecule is N=C(NO)c1cc(-c2ccoc2)cn2c(Cl)c(C(=O)O)nc12. The number of hydrogen-bond acceptors (Lipinski definition) is 5. The van der Waals surface area contributed by atoms with Gasteiger partial charge in [-0.05, 0) is 12.1 Å². The number of aromatic nitrogens is 2. The first-order chi connectivity index (χ1) is 10.5. The van der Waals surface area contributed by atoms with Crippen molar-refractivity contribution in [3.8, 4) is 11.1 Å². The van der Waals surface area contributed by atoms with E-state index in [0.29, 0.717) is 11.1 Å². The number of amidine groups is 1. The summed E-state index contributed by atoms with van der Waals surface area (Å²) in [6.07, 6.45) is 4.55. The van der Waals surface area contributed by atoms with Gasteiger partial charge in [0.2, 0.25) is 0 Å². The molecule has 4 N–H and O–H groups in total. The van der Waals surface area contributed by atoms with Gasteiger partial charge in [0.15, 0.2) is 11.5 Å². The summed E-state index contributed by atoms with van der Waals surface area (Å²) in [5, 5.41) is 25.7. The summed E-state index contributed by atoms with van der Waals surface area (Å²) >= 11 is 6.05. The zero-order chi connectivity index (χ0) is 15.9. The van der Waals surface area contributed by atoms with Crippen molar-refractivity contribution in [3.63, 3.8) is 0 Å². The third kappa shape index (κ3) is 2.10. The van der Waals surface area contributed by atoms with Crippen LogP contribution in [0.3, 0.4) is 0 Å². The van der Waals surface area contributed by atoms with Crippen LogP contribution >= 0.6 is 11.6 Å². The lowest BCUT2D eigenvalue weighted by Crippen LogP contribution is -2.19. The largest absolute Gasteiger partial charge is 0.476 e. The Morgan fingerprint density at radius 2 is 2.23 bits per heavy atom. The Labute approximate surface area is 128 Å². The third-order valence-electron chi connectivity index (χ3n) is 3.10. The highest BCUT2D eigenvalue weighted by molar-refractivity contribution is 6.32. The number of hydroxylamine groups is 1. The zero-order valence-electron chi connectivity index (χ0n) is 10.9. The highest BCUT2D eigenvalue weighted by Crippen LogP contribution is 2.27. The van der Waals surface area contributed by atoms with Gasteiger partial charge in [0.1, 0.15) is 10.8 Å². The monoisotopic (exact) mass is 320 g/mol. The first-order valence-electron chi connectivity index (χ1n) is 5.99. The second kappa shape index (κ2) is 5.17. The molecule has 0 aliphatic heterocycles. The molecule has 0 fully saturated rings. The standard InChI is InChI=1S/C13H9ClN4O4/c14-10-9(13(19)20)16-12-8(11(15)17-21)3-7(4-18(10)12)6-1-2-22-5-6/h1-5,21H,(H2,15,17)(H,19,20). The maximum absolute atomic E-state index is 11.2. The summed E-state index contributed by atoms with van der Waals surface area (Å²) in [6.45, 7) is 0. The van der Waals surface area contributed by atoms with Crippen LogP contribution in [-0.4, -0.2) is 31.5 Å². The smallest absolute Gasteiger partial charge is 0.357 e. The highest BCUT2D eigenvalue weighted by atomic mass is 35.5. The fourth-order valence-electron chi connectivity index (χ4n) is 2.08. The lowest BCUT2D eigenvalue weighted by Gasteiger charge is -2.07. The van der Waals surface area contributed by atoms with Crippen molar-refractivity contribution >= 4 is 29.1 Å². The Kier molecular flexibility index (Phi) is 3.32. The molecule has 0 radical (unpaired) electrons. The van der Waals surface area contributed by atoms with E-state index in [-0.39, 0.29) is 27.9 Å². The molecule has 22 heavy (non-hydrogen) atoms. The highest BCUT2D eigenvalue weighted by Gasteiger charge is 2.21. The number of carbonyl (C=O) groups is 1. The molecular weight excluding hydrogens is 312 g/mol. The van der Waals surface area contributed by atoms with Gasteiger partial charge in [-0.1, -0.05) is 11.6 Å². The number of halogens is 1. The van der Waals surface area contributed by atoms with Crippen molar-refractivity contribution in [1.29, 1.82) is 5.41 Å². The van der Waals surface area contributed by atoms with Crippen molar-refractivity contribution in [3.05, 3.63) is 47.3 Å². The average molecular weight is 321 g/mol.